The van der Waals surface area contributed by atoms with E-state index in [9.17, 15) is 13.2 Å². The minimum absolute atomic E-state index is 0.0428. The Balaban J connectivity index is 1.92. The molecular weight excluding hydrogens is 320 g/mol. The van der Waals surface area contributed by atoms with Crippen molar-refractivity contribution in [1.29, 1.82) is 0 Å². The van der Waals surface area contributed by atoms with E-state index in [0.717, 1.165) is 4.88 Å². The van der Waals surface area contributed by atoms with Crippen molar-refractivity contribution in [2.75, 3.05) is 18.1 Å². The fourth-order valence-corrected chi connectivity index (χ4v) is 4.90. The summed E-state index contributed by atoms with van der Waals surface area (Å²) in [7, 11) is -2.98. The molecule has 1 saturated heterocycles. The molecule has 1 unspecified atom stereocenters. The lowest BCUT2D eigenvalue weighted by Crippen LogP contribution is -2.44. The maximum atomic E-state index is 12.1. The molecule has 0 aliphatic carbocycles. The summed E-state index contributed by atoms with van der Waals surface area (Å²) in [4.78, 5) is 14.8. The van der Waals surface area contributed by atoms with Gasteiger partial charge in [-0.1, -0.05) is 11.6 Å². The highest BCUT2D eigenvalue weighted by molar-refractivity contribution is 7.91. The molecule has 1 aliphatic heterocycles. The molecule has 1 fully saturated rings. The molecule has 1 atom stereocenters. The first-order chi connectivity index (χ1) is 9.39. The molecule has 0 saturated carbocycles. The van der Waals surface area contributed by atoms with E-state index in [0.29, 0.717) is 23.8 Å². The standard InChI is InChI=1S/C12H17ClN2O3S2/c1-2-15(7-10-3-4-11(13)19-10)12(16)14-9-5-6-20(17,18)8-9/h3-4,9H,2,5-8H2,1H3,(H,14,16). The van der Waals surface area contributed by atoms with Crippen LogP contribution in [0.25, 0.3) is 0 Å². The fourth-order valence-electron chi connectivity index (χ4n) is 2.13. The van der Waals surface area contributed by atoms with Crippen LogP contribution in [0.1, 0.15) is 18.2 Å². The second-order valence-corrected chi connectivity index (χ2v) is 8.80. The number of carbonyl (C=O) groups excluding carboxylic acids is 1. The minimum Gasteiger partial charge on any atom is -0.334 e. The van der Waals surface area contributed by atoms with E-state index in [1.54, 1.807) is 11.0 Å². The molecule has 1 aromatic heterocycles. The number of nitrogens with one attached hydrogen (secondary N) is 1. The quantitative estimate of drug-likeness (QED) is 0.915. The van der Waals surface area contributed by atoms with Gasteiger partial charge in [0.1, 0.15) is 0 Å². The van der Waals surface area contributed by atoms with Crippen LogP contribution >= 0.6 is 22.9 Å². The van der Waals surface area contributed by atoms with Gasteiger partial charge in [0.25, 0.3) is 0 Å². The van der Waals surface area contributed by atoms with Gasteiger partial charge in [0.15, 0.2) is 9.84 Å². The predicted molar refractivity (Wildman–Crippen MR) is 81.0 cm³/mol. The van der Waals surface area contributed by atoms with Crippen molar-refractivity contribution in [3.05, 3.63) is 21.3 Å². The van der Waals surface area contributed by atoms with E-state index >= 15 is 0 Å². The number of carbonyl (C=O) groups is 1. The monoisotopic (exact) mass is 336 g/mol. The van der Waals surface area contributed by atoms with E-state index in [1.165, 1.54) is 11.3 Å². The molecule has 2 amide bonds. The molecule has 112 valence electrons. The van der Waals surface area contributed by atoms with Crippen molar-refractivity contribution in [2.45, 2.75) is 25.9 Å². The summed E-state index contributed by atoms with van der Waals surface area (Å²) in [6, 6.07) is 3.20. The number of rotatable bonds is 4. The highest BCUT2D eigenvalue weighted by atomic mass is 35.5. The number of sulfone groups is 1. The van der Waals surface area contributed by atoms with E-state index in [1.807, 2.05) is 13.0 Å². The second-order valence-electron chi connectivity index (χ2n) is 4.77. The van der Waals surface area contributed by atoms with E-state index < -0.39 is 9.84 Å². The van der Waals surface area contributed by atoms with Gasteiger partial charge in [-0.3, -0.25) is 0 Å². The maximum absolute atomic E-state index is 12.1. The Kier molecular flexibility index (Phi) is 4.93. The van der Waals surface area contributed by atoms with Crippen LogP contribution in [-0.2, 0) is 16.4 Å². The molecule has 2 rings (SSSR count). The van der Waals surface area contributed by atoms with E-state index in [2.05, 4.69) is 5.32 Å². The summed E-state index contributed by atoms with van der Waals surface area (Å²) < 4.78 is 23.4. The predicted octanol–water partition coefficient (Wildman–Crippen LogP) is 2.12. The lowest BCUT2D eigenvalue weighted by Gasteiger charge is -2.22. The van der Waals surface area contributed by atoms with Crippen molar-refractivity contribution in [2.24, 2.45) is 0 Å². The van der Waals surface area contributed by atoms with Crippen LogP contribution in [0.3, 0.4) is 0 Å². The fraction of sp³-hybridized carbons (Fsp3) is 0.583. The third-order valence-corrected chi connectivity index (χ3v) is 6.19. The molecule has 20 heavy (non-hydrogen) atoms. The molecular formula is C12H17ClN2O3S2. The third kappa shape index (κ3) is 4.10. The van der Waals surface area contributed by atoms with Crippen LogP contribution < -0.4 is 5.32 Å². The molecule has 0 spiro atoms. The molecule has 8 heteroatoms. The van der Waals surface area contributed by atoms with Gasteiger partial charge in [0, 0.05) is 17.5 Å². The van der Waals surface area contributed by atoms with Gasteiger partial charge in [-0.25, -0.2) is 13.2 Å². The van der Waals surface area contributed by atoms with E-state index in [-0.39, 0.29) is 23.6 Å². The van der Waals surface area contributed by atoms with Gasteiger partial charge in [-0.05, 0) is 25.5 Å². The Hall–Kier alpha value is -0.790. The number of halogens is 1. The van der Waals surface area contributed by atoms with Crippen LogP contribution in [0.15, 0.2) is 12.1 Å². The van der Waals surface area contributed by atoms with Crippen LogP contribution in [0.5, 0.6) is 0 Å². The number of nitrogens with zero attached hydrogens (tertiary/aromatic N) is 1. The number of thiophene rings is 1. The topological polar surface area (TPSA) is 66.5 Å². The maximum Gasteiger partial charge on any atom is 0.317 e. The summed E-state index contributed by atoms with van der Waals surface area (Å²) in [6.07, 6.45) is 0.496. The van der Waals surface area contributed by atoms with Crippen molar-refractivity contribution in [1.82, 2.24) is 10.2 Å². The van der Waals surface area contributed by atoms with Crippen LogP contribution in [-0.4, -0.2) is 43.4 Å². The van der Waals surface area contributed by atoms with Crippen LogP contribution in [0.4, 0.5) is 4.79 Å². The third-order valence-electron chi connectivity index (χ3n) is 3.20. The minimum atomic E-state index is -2.98. The molecule has 2 heterocycles. The smallest absolute Gasteiger partial charge is 0.317 e. The number of hydrogen-bond donors (Lipinski definition) is 1. The Morgan fingerprint density at radius 3 is 2.80 bits per heavy atom. The van der Waals surface area contributed by atoms with Crippen LogP contribution in [0, 0.1) is 0 Å². The Morgan fingerprint density at radius 1 is 1.55 bits per heavy atom. The normalized spacial score (nSPS) is 20.8. The van der Waals surface area contributed by atoms with Gasteiger partial charge in [0.2, 0.25) is 0 Å². The van der Waals surface area contributed by atoms with Crippen molar-refractivity contribution >= 4 is 38.8 Å². The zero-order chi connectivity index (χ0) is 14.8. The first-order valence-corrected chi connectivity index (χ1v) is 9.41. The molecule has 1 aliphatic rings. The lowest BCUT2D eigenvalue weighted by atomic mass is 10.3. The van der Waals surface area contributed by atoms with Crippen molar-refractivity contribution in [3.8, 4) is 0 Å². The van der Waals surface area contributed by atoms with E-state index in [4.69, 9.17) is 11.6 Å². The summed E-state index contributed by atoms with van der Waals surface area (Å²) in [5, 5.41) is 2.79. The molecule has 1 aromatic rings. The van der Waals surface area contributed by atoms with Gasteiger partial charge in [-0.15, -0.1) is 11.3 Å². The highest BCUT2D eigenvalue weighted by Gasteiger charge is 2.29. The van der Waals surface area contributed by atoms with Gasteiger partial charge < -0.3 is 10.2 Å². The molecule has 0 aromatic carbocycles. The molecule has 5 nitrogen and oxygen atoms in total. The van der Waals surface area contributed by atoms with Gasteiger partial charge >= 0.3 is 6.03 Å². The summed E-state index contributed by atoms with van der Waals surface area (Å²) in [5.41, 5.74) is 0. The Morgan fingerprint density at radius 2 is 2.30 bits per heavy atom. The van der Waals surface area contributed by atoms with Crippen molar-refractivity contribution in [3.63, 3.8) is 0 Å². The summed E-state index contributed by atoms with van der Waals surface area (Å²) >= 11 is 7.31. The summed E-state index contributed by atoms with van der Waals surface area (Å²) in [5.74, 6) is 0.200. The SMILES string of the molecule is CCN(Cc1ccc(Cl)s1)C(=O)NC1CCS(=O)(=O)C1. The largest absolute Gasteiger partial charge is 0.334 e. The van der Waals surface area contributed by atoms with Crippen LogP contribution in [0.2, 0.25) is 4.34 Å². The lowest BCUT2D eigenvalue weighted by molar-refractivity contribution is 0.195. The number of hydrogen-bond acceptors (Lipinski definition) is 4. The Bertz CT molecular complexity index is 585. The zero-order valence-electron chi connectivity index (χ0n) is 11.1. The Labute approximate surface area is 127 Å². The first kappa shape index (κ1) is 15.6. The van der Waals surface area contributed by atoms with Gasteiger partial charge in [0.05, 0.1) is 22.4 Å². The highest BCUT2D eigenvalue weighted by Crippen LogP contribution is 2.22. The average molecular weight is 337 g/mol. The van der Waals surface area contributed by atoms with Gasteiger partial charge in [-0.2, -0.15) is 0 Å². The molecule has 0 radical (unpaired) electrons. The number of amides is 2. The molecule has 1 N–H and O–H groups in total. The van der Waals surface area contributed by atoms with Crippen molar-refractivity contribution < 1.29 is 13.2 Å². The summed E-state index contributed by atoms with van der Waals surface area (Å²) in [6.45, 7) is 2.93. The average Bonchev–Trinajstić information content (AvgIpc) is 2.92. The number of urea groups is 1. The second kappa shape index (κ2) is 6.32. The molecule has 0 bridgehead atoms. The first-order valence-electron chi connectivity index (χ1n) is 6.39. The zero-order valence-corrected chi connectivity index (χ0v) is 13.5.